The normalized spacial score (nSPS) is 11.8. The van der Waals surface area contributed by atoms with Gasteiger partial charge in [-0.05, 0) is 35.7 Å². The maximum atomic E-state index is 11.0. The van der Waals surface area contributed by atoms with E-state index >= 15 is 0 Å². The second-order valence-corrected chi connectivity index (χ2v) is 7.04. The Morgan fingerprint density at radius 3 is 2.61 bits per heavy atom. The van der Waals surface area contributed by atoms with E-state index in [1.165, 1.54) is 0 Å². The molecule has 0 spiro atoms. The highest BCUT2D eigenvalue weighted by atomic mass is 35.5. The molecule has 0 fully saturated rings. The molecule has 0 heterocycles. The van der Waals surface area contributed by atoms with E-state index in [-0.39, 0.29) is 12.5 Å². The molecular weight excluding hydrogens is 374 g/mol. The fourth-order valence-corrected chi connectivity index (χ4v) is 3.47. The first-order valence-corrected chi connectivity index (χ1v) is 9.39. The number of hydrogen-bond acceptors (Lipinski definition) is 3. The van der Waals surface area contributed by atoms with Crippen molar-refractivity contribution < 1.29 is 14.6 Å². The first-order chi connectivity index (χ1) is 13.5. The number of benzene rings is 3. The zero-order valence-electron chi connectivity index (χ0n) is 15.6. The summed E-state index contributed by atoms with van der Waals surface area (Å²) in [5, 5.41) is 9.70. The quantitative estimate of drug-likeness (QED) is 0.574. The van der Waals surface area contributed by atoms with Crippen LogP contribution >= 0.6 is 11.6 Å². The van der Waals surface area contributed by atoms with Crippen LogP contribution in [0, 0.1) is 0 Å². The maximum absolute atomic E-state index is 11.0. The molecule has 1 atom stereocenters. The number of para-hydroxylation sites is 1. The summed E-state index contributed by atoms with van der Waals surface area (Å²) in [7, 11) is 0. The fraction of sp³-hybridized carbons (Fsp3) is 0.174. The lowest BCUT2D eigenvalue weighted by Gasteiger charge is -2.14. The number of aliphatic carboxylic acids is 1. The molecule has 0 aliphatic carbocycles. The Balaban J connectivity index is 1.82. The number of ether oxygens (including phenoxy) is 1. The Kier molecular flexibility index (Phi) is 6.34. The largest absolute Gasteiger partial charge is 0.489 e. The summed E-state index contributed by atoms with van der Waals surface area (Å²) in [5.74, 6) is -0.311. The van der Waals surface area contributed by atoms with Gasteiger partial charge in [0.25, 0.3) is 0 Å². The lowest BCUT2D eigenvalue weighted by Crippen LogP contribution is -2.06. The van der Waals surface area contributed by atoms with Gasteiger partial charge in [-0.2, -0.15) is 0 Å². The van der Waals surface area contributed by atoms with Crippen molar-refractivity contribution in [2.45, 2.75) is 26.0 Å². The van der Waals surface area contributed by atoms with Crippen molar-refractivity contribution in [3.8, 4) is 16.9 Å². The molecule has 0 aliphatic rings. The van der Waals surface area contributed by atoms with Gasteiger partial charge < -0.3 is 15.6 Å². The highest BCUT2D eigenvalue weighted by Gasteiger charge is 2.12. The molecule has 0 saturated carbocycles. The molecule has 3 N–H and O–H groups in total. The van der Waals surface area contributed by atoms with Crippen molar-refractivity contribution in [1.82, 2.24) is 0 Å². The van der Waals surface area contributed by atoms with Crippen LogP contribution in [0.4, 0.5) is 0 Å². The molecule has 4 nitrogen and oxygen atoms in total. The Hall–Kier alpha value is -2.82. The van der Waals surface area contributed by atoms with E-state index in [1.807, 2.05) is 55.5 Å². The summed E-state index contributed by atoms with van der Waals surface area (Å²) in [4.78, 5) is 11.0. The van der Waals surface area contributed by atoms with Gasteiger partial charge in [0.1, 0.15) is 12.4 Å². The lowest BCUT2D eigenvalue weighted by atomic mass is 9.99. The lowest BCUT2D eigenvalue weighted by molar-refractivity contribution is -0.136. The SMILES string of the molecule is CC(N)c1cccc(-c2cccc(COc3ccccc3CC(=O)O)c2)c1Cl. The predicted molar refractivity (Wildman–Crippen MR) is 112 cm³/mol. The molecule has 144 valence electrons. The van der Waals surface area contributed by atoms with Gasteiger partial charge in [0.05, 0.1) is 11.4 Å². The second-order valence-electron chi connectivity index (χ2n) is 6.66. The molecule has 28 heavy (non-hydrogen) atoms. The van der Waals surface area contributed by atoms with Crippen LogP contribution in [0.2, 0.25) is 5.02 Å². The summed E-state index contributed by atoms with van der Waals surface area (Å²) in [5.41, 5.74) is 10.4. The third-order valence-corrected chi connectivity index (χ3v) is 4.89. The number of carboxylic acid groups (broad SMARTS) is 1. The second kappa shape index (κ2) is 8.91. The topological polar surface area (TPSA) is 72.5 Å². The Labute approximate surface area is 169 Å². The molecule has 3 rings (SSSR count). The van der Waals surface area contributed by atoms with Crippen LogP contribution in [0.25, 0.3) is 11.1 Å². The number of carboxylic acids is 1. The number of hydrogen-bond donors (Lipinski definition) is 2. The highest BCUT2D eigenvalue weighted by molar-refractivity contribution is 6.34. The van der Waals surface area contributed by atoms with E-state index in [2.05, 4.69) is 0 Å². The molecule has 5 heteroatoms. The molecule has 0 aliphatic heterocycles. The molecule has 3 aromatic carbocycles. The monoisotopic (exact) mass is 395 g/mol. The molecule has 0 saturated heterocycles. The Morgan fingerprint density at radius 2 is 1.86 bits per heavy atom. The maximum Gasteiger partial charge on any atom is 0.307 e. The number of carbonyl (C=O) groups is 1. The molecule has 0 radical (unpaired) electrons. The van der Waals surface area contributed by atoms with Crippen LogP contribution in [-0.4, -0.2) is 11.1 Å². The van der Waals surface area contributed by atoms with Crippen LogP contribution in [0.1, 0.15) is 29.7 Å². The predicted octanol–water partition coefficient (Wildman–Crippen LogP) is 5.23. The van der Waals surface area contributed by atoms with Gasteiger partial charge in [-0.1, -0.05) is 66.2 Å². The highest BCUT2D eigenvalue weighted by Crippen LogP contribution is 2.33. The van der Waals surface area contributed by atoms with Gasteiger partial charge in [-0.3, -0.25) is 4.79 Å². The van der Waals surface area contributed by atoms with E-state index in [1.54, 1.807) is 18.2 Å². The minimum absolute atomic E-state index is 0.0735. The molecule has 0 amide bonds. The third-order valence-electron chi connectivity index (χ3n) is 4.47. The van der Waals surface area contributed by atoms with Crippen LogP contribution < -0.4 is 10.5 Å². The van der Waals surface area contributed by atoms with Crippen molar-refractivity contribution in [2.75, 3.05) is 0 Å². The van der Waals surface area contributed by atoms with Gasteiger partial charge >= 0.3 is 5.97 Å². The Morgan fingerprint density at radius 1 is 1.11 bits per heavy atom. The molecule has 0 aromatic heterocycles. The van der Waals surface area contributed by atoms with Gasteiger partial charge in [0, 0.05) is 17.2 Å². The van der Waals surface area contributed by atoms with Crippen LogP contribution in [0.3, 0.4) is 0 Å². The van der Waals surface area contributed by atoms with Crippen LogP contribution in [-0.2, 0) is 17.8 Å². The van der Waals surface area contributed by atoms with Crippen molar-refractivity contribution in [1.29, 1.82) is 0 Å². The van der Waals surface area contributed by atoms with E-state index in [0.29, 0.717) is 22.9 Å². The zero-order chi connectivity index (χ0) is 20.1. The average molecular weight is 396 g/mol. The van der Waals surface area contributed by atoms with E-state index in [9.17, 15) is 4.79 Å². The van der Waals surface area contributed by atoms with Gasteiger partial charge in [0.2, 0.25) is 0 Å². The van der Waals surface area contributed by atoms with Gasteiger partial charge in [-0.25, -0.2) is 0 Å². The number of nitrogens with two attached hydrogens (primary N) is 1. The number of rotatable bonds is 7. The summed E-state index contributed by atoms with van der Waals surface area (Å²) >= 11 is 6.57. The van der Waals surface area contributed by atoms with Crippen molar-refractivity contribution in [2.24, 2.45) is 5.73 Å². The van der Waals surface area contributed by atoms with E-state index in [4.69, 9.17) is 27.2 Å². The smallest absolute Gasteiger partial charge is 0.307 e. The summed E-state index contributed by atoms with van der Waals surface area (Å²) < 4.78 is 5.89. The summed E-state index contributed by atoms with van der Waals surface area (Å²) in [6, 6.07) is 20.8. The van der Waals surface area contributed by atoms with Gasteiger partial charge in [0.15, 0.2) is 0 Å². The summed E-state index contributed by atoms with van der Waals surface area (Å²) in [6.07, 6.45) is -0.0735. The van der Waals surface area contributed by atoms with Crippen LogP contribution in [0.5, 0.6) is 5.75 Å². The first-order valence-electron chi connectivity index (χ1n) is 9.01. The molecule has 0 bridgehead atoms. The minimum atomic E-state index is -0.887. The Bertz CT molecular complexity index is 985. The third kappa shape index (κ3) is 4.71. The fourth-order valence-electron chi connectivity index (χ4n) is 3.07. The number of halogens is 1. The van der Waals surface area contributed by atoms with Crippen molar-refractivity contribution >= 4 is 17.6 Å². The van der Waals surface area contributed by atoms with Crippen molar-refractivity contribution in [3.05, 3.63) is 88.4 Å². The molecule has 3 aromatic rings. The minimum Gasteiger partial charge on any atom is -0.489 e. The van der Waals surface area contributed by atoms with Crippen molar-refractivity contribution in [3.63, 3.8) is 0 Å². The van der Waals surface area contributed by atoms with E-state index < -0.39 is 5.97 Å². The van der Waals surface area contributed by atoms with Gasteiger partial charge in [-0.15, -0.1) is 0 Å². The first kappa shape index (κ1) is 19.9. The average Bonchev–Trinajstić information content (AvgIpc) is 2.67. The van der Waals surface area contributed by atoms with Crippen LogP contribution in [0.15, 0.2) is 66.7 Å². The van der Waals surface area contributed by atoms with E-state index in [0.717, 1.165) is 22.3 Å². The zero-order valence-corrected chi connectivity index (χ0v) is 16.3. The molecular formula is C23H22ClNO3. The standard InChI is InChI=1S/C23H22ClNO3/c1-15(25)19-9-5-10-20(23(19)24)17-8-4-6-16(12-17)14-28-21-11-3-2-7-18(21)13-22(26)27/h2-12,15H,13-14,25H2,1H3,(H,26,27). The summed E-state index contributed by atoms with van der Waals surface area (Å²) in [6.45, 7) is 2.24. The molecule has 1 unspecified atom stereocenters.